The maximum Gasteiger partial charge on any atom is 0.265 e. The molecule has 0 fully saturated rings. The molecule has 0 N–H and O–H groups in total. The third-order valence-electron chi connectivity index (χ3n) is 3.84. The van der Waals surface area contributed by atoms with Crippen LogP contribution < -0.4 is 9.64 Å². The lowest BCUT2D eigenvalue weighted by Gasteiger charge is -2.28. The summed E-state index contributed by atoms with van der Waals surface area (Å²) < 4.78 is 11.4. The first-order valence-electron chi connectivity index (χ1n) is 7.47. The molecule has 1 aliphatic rings. The Morgan fingerprint density at radius 3 is 2.57 bits per heavy atom. The highest BCUT2D eigenvalue weighted by atomic mass is 16.5. The minimum atomic E-state index is -0.0682. The van der Waals surface area contributed by atoms with Crippen LogP contribution in [0.1, 0.15) is 5.76 Å². The van der Waals surface area contributed by atoms with E-state index in [4.69, 9.17) is 9.15 Å². The van der Waals surface area contributed by atoms with Crippen molar-refractivity contribution in [2.75, 3.05) is 11.5 Å². The Labute approximate surface area is 133 Å². The van der Waals surface area contributed by atoms with Gasteiger partial charge in [-0.25, -0.2) is 0 Å². The smallest absolute Gasteiger partial charge is 0.265 e. The fourth-order valence-electron chi connectivity index (χ4n) is 2.70. The second-order valence-corrected chi connectivity index (χ2v) is 5.37. The number of benzene rings is 2. The second-order valence-electron chi connectivity index (χ2n) is 5.37. The van der Waals surface area contributed by atoms with Crippen molar-refractivity contribution in [1.29, 1.82) is 0 Å². The monoisotopic (exact) mass is 305 g/mol. The van der Waals surface area contributed by atoms with E-state index in [9.17, 15) is 4.79 Å². The summed E-state index contributed by atoms with van der Waals surface area (Å²) in [6, 6.07) is 21.3. The van der Waals surface area contributed by atoms with Gasteiger partial charge in [0.15, 0.2) is 6.61 Å². The first kappa shape index (κ1) is 13.6. The van der Waals surface area contributed by atoms with Crippen LogP contribution in [0.2, 0.25) is 0 Å². The summed E-state index contributed by atoms with van der Waals surface area (Å²) in [5, 5.41) is 0. The third kappa shape index (κ3) is 2.59. The highest BCUT2D eigenvalue weighted by molar-refractivity contribution is 5.97. The maximum absolute atomic E-state index is 12.2. The molecule has 4 rings (SSSR count). The number of rotatable bonds is 3. The summed E-state index contributed by atoms with van der Waals surface area (Å²) in [6.07, 6.45) is 0. The van der Waals surface area contributed by atoms with E-state index in [1.807, 2.05) is 66.7 Å². The average Bonchev–Trinajstić information content (AvgIpc) is 3.07. The van der Waals surface area contributed by atoms with Gasteiger partial charge >= 0.3 is 0 Å². The number of fused-ring (bicyclic) bond motifs is 1. The van der Waals surface area contributed by atoms with Crippen LogP contribution >= 0.6 is 0 Å². The van der Waals surface area contributed by atoms with Crippen LogP contribution in [-0.4, -0.2) is 12.5 Å². The van der Waals surface area contributed by atoms with Gasteiger partial charge in [0, 0.05) is 5.56 Å². The van der Waals surface area contributed by atoms with Gasteiger partial charge in [-0.3, -0.25) is 9.69 Å². The molecule has 0 spiro atoms. The van der Waals surface area contributed by atoms with E-state index < -0.39 is 0 Å². The number of carbonyl (C=O) groups is 1. The van der Waals surface area contributed by atoms with Gasteiger partial charge in [0.1, 0.15) is 17.3 Å². The van der Waals surface area contributed by atoms with Crippen LogP contribution in [0, 0.1) is 0 Å². The number of carbonyl (C=O) groups excluding carboxylic acids is 1. The van der Waals surface area contributed by atoms with Crippen LogP contribution in [-0.2, 0) is 11.3 Å². The predicted octanol–water partition coefficient (Wildman–Crippen LogP) is 3.87. The molecular formula is C19H15NO3. The molecule has 114 valence electrons. The number of nitrogens with zero attached hydrogens (tertiary/aromatic N) is 1. The highest BCUT2D eigenvalue weighted by Crippen LogP contribution is 2.33. The molecular weight excluding hydrogens is 290 g/mol. The molecule has 2 aromatic carbocycles. The van der Waals surface area contributed by atoms with Gasteiger partial charge in [0.05, 0.1) is 12.2 Å². The van der Waals surface area contributed by atoms with Crippen molar-refractivity contribution in [3.05, 3.63) is 72.5 Å². The van der Waals surface area contributed by atoms with Crippen molar-refractivity contribution in [3.63, 3.8) is 0 Å². The molecule has 4 nitrogen and oxygen atoms in total. The van der Waals surface area contributed by atoms with Gasteiger partial charge in [-0.1, -0.05) is 42.5 Å². The number of para-hydroxylation sites is 2. The number of hydrogen-bond acceptors (Lipinski definition) is 3. The Morgan fingerprint density at radius 2 is 1.70 bits per heavy atom. The van der Waals surface area contributed by atoms with Crippen LogP contribution in [0.3, 0.4) is 0 Å². The fourth-order valence-corrected chi connectivity index (χ4v) is 2.70. The van der Waals surface area contributed by atoms with Gasteiger partial charge < -0.3 is 9.15 Å². The molecule has 1 aliphatic heterocycles. The van der Waals surface area contributed by atoms with Gasteiger partial charge in [0.2, 0.25) is 0 Å². The van der Waals surface area contributed by atoms with Crippen molar-refractivity contribution in [1.82, 2.24) is 0 Å². The molecule has 0 unspecified atom stereocenters. The molecule has 0 bridgehead atoms. The second kappa shape index (κ2) is 5.65. The largest absolute Gasteiger partial charge is 0.482 e. The number of ether oxygens (including phenoxy) is 1. The quantitative estimate of drug-likeness (QED) is 0.737. The van der Waals surface area contributed by atoms with Crippen LogP contribution in [0.25, 0.3) is 11.3 Å². The summed E-state index contributed by atoms with van der Waals surface area (Å²) in [5.41, 5.74) is 1.80. The van der Waals surface area contributed by atoms with Crippen molar-refractivity contribution >= 4 is 11.6 Å². The Kier molecular flexibility index (Phi) is 3.35. The summed E-state index contributed by atoms with van der Waals surface area (Å²) >= 11 is 0. The number of anilines is 1. The lowest BCUT2D eigenvalue weighted by Crippen LogP contribution is -2.38. The average molecular weight is 305 g/mol. The first-order chi connectivity index (χ1) is 11.3. The molecule has 0 radical (unpaired) electrons. The topological polar surface area (TPSA) is 42.7 Å². The van der Waals surface area contributed by atoms with Crippen molar-refractivity contribution in [2.45, 2.75) is 6.54 Å². The van der Waals surface area contributed by atoms with Gasteiger partial charge in [-0.2, -0.15) is 0 Å². The highest BCUT2D eigenvalue weighted by Gasteiger charge is 2.26. The molecule has 0 saturated heterocycles. The van der Waals surface area contributed by atoms with E-state index in [1.165, 1.54) is 0 Å². The minimum Gasteiger partial charge on any atom is -0.482 e. The molecule has 0 aliphatic carbocycles. The Hall–Kier alpha value is -3.01. The van der Waals surface area contributed by atoms with E-state index in [-0.39, 0.29) is 12.5 Å². The van der Waals surface area contributed by atoms with Gasteiger partial charge in [0.25, 0.3) is 5.91 Å². The lowest BCUT2D eigenvalue weighted by atomic mass is 10.2. The zero-order valence-corrected chi connectivity index (χ0v) is 12.4. The molecule has 1 aromatic heterocycles. The van der Waals surface area contributed by atoms with Crippen molar-refractivity contribution in [3.8, 4) is 17.1 Å². The Morgan fingerprint density at radius 1 is 0.913 bits per heavy atom. The first-order valence-corrected chi connectivity index (χ1v) is 7.47. The SMILES string of the molecule is O=C1COc2ccccc2N1Cc1ccc(-c2ccccc2)o1. The number of amides is 1. The molecule has 3 aromatic rings. The summed E-state index contributed by atoms with van der Waals surface area (Å²) in [6.45, 7) is 0.454. The number of furan rings is 1. The predicted molar refractivity (Wildman–Crippen MR) is 87.3 cm³/mol. The molecule has 4 heteroatoms. The standard InChI is InChI=1S/C19H15NO3/c21-19-13-22-18-9-5-4-8-16(18)20(19)12-15-10-11-17(23-15)14-6-2-1-3-7-14/h1-11H,12-13H2. The van der Waals surface area contributed by atoms with E-state index in [2.05, 4.69) is 0 Å². The summed E-state index contributed by atoms with van der Waals surface area (Å²) in [7, 11) is 0. The minimum absolute atomic E-state index is 0.0588. The van der Waals surface area contributed by atoms with Crippen LogP contribution in [0.4, 0.5) is 5.69 Å². The van der Waals surface area contributed by atoms with Crippen molar-refractivity contribution in [2.24, 2.45) is 0 Å². The molecule has 1 amide bonds. The van der Waals surface area contributed by atoms with E-state index in [0.717, 1.165) is 28.5 Å². The molecule has 0 saturated carbocycles. The van der Waals surface area contributed by atoms with E-state index >= 15 is 0 Å². The maximum atomic E-state index is 12.2. The molecule has 23 heavy (non-hydrogen) atoms. The zero-order valence-electron chi connectivity index (χ0n) is 12.4. The fraction of sp³-hybridized carbons (Fsp3) is 0.105. The molecule has 0 atom stereocenters. The van der Waals surface area contributed by atoms with Crippen molar-refractivity contribution < 1.29 is 13.9 Å². The normalized spacial score (nSPS) is 13.6. The Bertz CT molecular complexity index is 839. The Balaban J connectivity index is 1.61. The van der Waals surface area contributed by atoms with Crippen LogP contribution in [0.15, 0.2) is 71.1 Å². The number of hydrogen-bond donors (Lipinski definition) is 0. The van der Waals surface area contributed by atoms with E-state index in [0.29, 0.717) is 6.54 Å². The third-order valence-corrected chi connectivity index (χ3v) is 3.84. The summed E-state index contributed by atoms with van der Waals surface area (Å²) in [4.78, 5) is 13.9. The van der Waals surface area contributed by atoms with Gasteiger partial charge in [-0.05, 0) is 24.3 Å². The zero-order chi connectivity index (χ0) is 15.6. The lowest BCUT2D eigenvalue weighted by molar-refractivity contribution is -0.121. The molecule has 2 heterocycles. The van der Waals surface area contributed by atoms with E-state index in [1.54, 1.807) is 4.90 Å². The summed E-state index contributed by atoms with van der Waals surface area (Å²) in [5.74, 6) is 2.20. The van der Waals surface area contributed by atoms with Gasteiger partial charge in [-0.15, -0.1) is 0 Å². The van der Waals surface area contributed by atoms with Crippen LogP contribution in [0.5, 0.6) is 5.75 Å².